The summed E-state index contributed by atoms with van der Waals surface area (Å²) in [6.07, 6.45) is 5.26. The van der Waals surface area contributed by atoms with Crippen LogP contribution in [0.25, 0.3) is 11.0 Å². The van der Waals surface area contributed by atoms with E-state index in [1.54, 1.807) is 12.1 Å². The van der Waals surface area contributed by atoms with E-state index in [2.05, 4.69) is 14.9 Å². The second kappa shape index (κ2) is 7.40. The largest absolute Gasteiger partial charge is 0.464 e. The number of nitrogens with zero attached hydrogens (tertiary/aromatic N) is 3. The Kier molecular flexibility index (Phi) is 4.60. The van der Waals surface area contributed by atoms with Crippen molar-refractivity contribution < 1.29 is 4.42 Å². The van der Waals surface area contributed by atoms with Gasteiger partial charge in [-0.05, 0) is 31.4 Å². The van der Waals surface area contributed by atoms with Crippen LogP contribution in [0.5, 0.6) is 0 Å². The summed E-state index contributed by atoms with van der Waals surface area (Å²) in [5, 5.41) is 0.583. The minimum absolute atomic E-state index is 0.0182. The number of hydrogen-bond acceptors (Lipinski definition) is 6. The summed E-state index contributed by atoms with van der Waals surface area (Å²) < 4.78 is 5.62. The van der Waals surface area contributed by atoms with Gasteiger partial charge in [-0.3, -0.25) is 19.5 Å². The van der Waals surface area contributed by atoms with Gasteiger partial charge in [0.1, 0.15) is 5.58 Å². The number of benzene rings is 1. The summed E-state index contributed by atoms with van der Waals surface area (Å²) in [7, 11) is 0. The molecule has 2 aliphatic rings. The normalized spacial score (nSPS) is 17.2. The standard InChI is InChI=1S/C22H22N4O3/c27-20-14(13-29-19-7-2-1-5-15(19)20)11-26-10-8-17-16(12-26)22(28)25-21(24-17)18-6-3-4-9-23-18/h1-2,5,7,13H,3-4,6,8-12H2,(H,24,25,28). The van der Waals surface area contributed by atoms with Crippen LogP contribution in [-0.4, -0.2) is 33.7 Å². The van der Waals surface area contributed by atoms with Gasteiger partial charge in [-0.25, -0.2) is 4.98 Å². The number of rotatable bonds is 3. The molecular weight excluding hydrogens is 368 g/mol. The first-order valence-electron chi connectivity index (χ1n) is 10.1. The first kappa shape index (κ1) is 18.0. The molecule has 148 valence electrons. The van der Waals surface area contributed by atoms with E-state index in [1.165, 1.54) is 6.26 Å². The first-order chi connectivity index (χ1) is 14.2. The third-order valence-electron chi connectivity index (χ3n) is 5.69. The number of fused-ring (bicyclic) bond motifs is 2. The van der Waals surface area contributed by atoms with Gasteiger partial charge >= 0.3 is 0 Å². The van der Waals surface area contributed by atoms with Crippen molar-refractivity contribution >= 4 is 16.7 Å². The molecule has 1 aromatic carbocycles. The van der Waals surface area contributed by atoms with Crippen molar-refractivity contribution in [1.29, 1.82) is 0 Å². The smallest absolute Gasteiger partial charge is 0.255 e. The van der Waals surface area contributed by atoms with Crippen LogP contribution in [0.3, 0.4) is 0 Å². The number of hydrogen-bond donors (Lipinski definition) is 1. The van der Waals surface area contributed by atoms with E-state index in [1.807, 2.05) is 12.1 Å². The molecule has 0 unspecified atom stereocenters. The van der Waals surface area contributed by atoms with Gasteiger partial charge in [0.15, 0.2) is 11.3 Å². The summed E-state index contributed by atoms with van der Waals surface area (Å²) in [5.41, 5.74) is 3.50. The number of H-pyrrole nitrogens is 1. The van der Waals surface area contributed by atoms with Crippen LogP contribution in [0.2, 0.25) is 0 Å². The fourth-order valence-corrected chi connectivity index (χ4v) is 4.11. The molecular formula is C22H22N4O3. The Morgan fingerprint density at radius 1 is 1.14 bits per heavy atom. The van der Waals surface area contributed by atoms with Crippen molar-refractivity contribution in [2.75, 3.05) is 13.1 Å². The van der Waals surface area contributed by atoms with Gasteiger partial charge < -0.3 is 9.40 Å². The average Bonchev–Trinajstić information content (AvgIpc) is 2.77. The average molecular weight is 390 g/mol. The van der Waals surface area contributed by atoms with E-state index in [9.17, 15) is 9.59 Å². The Labute approximate surface area is 167 Å². The summed E-state index contributed by atoms with van der Waals surface area (Å²) in [5.74, 6) is 0.622. The molecule has 2 aliphatic heterocycles. The molecule has 5 rings (SSSR count). The van der Waals surface area contributed by atoms with Gasteiger partial charge in [0.2, 0.25) is 0 Å². The lowest BCUT2D eigenvalue weighted by atomic mass is 10.0. The van der Waals surface area contributed by atoms with Crippen LogP contribution in [0.15, 0.2) is 49.5 Å². The van der Waals surface area contributed by atoms with E-state index in [-0.39, 0.29) is 11.0 Å². The van der Waals surface area contributed by atoms with Crippen molar-refractivity contribution in [3.8, 4) is 0 Å². The minimum Gasteiger partial charge on any atom is -0.464 e. The number of aliphatic imine (C=N–C) groups is 1. The van der Waals surface area contributed by atoms with E-state index in [0.29, 0.717) is 47.4 Å². The van der Waals surface area contributed by atoms with Gasteiger partial charge in [0, 0.05) is 38.2 Å². The molecule has 0 fully saturated rings. The number of aromatic amines is 1. The van der Waals surface area contributed by atoms with E-state index in [4.69, 9.17) is 9.40 Å². The Bertz CT molecular complexity index is 1220. The molecule has 0 amide bonds. The molecule has 0 spiro atoms. The number of aromatic nitrogens is 2. The quantitative estimate of drug-likeness (QED) is 0.742. The van der Waals surface area contributed by atoms with Gasteiger partial charge in [-0.1, -0.05) is 12.1 Å². The maximum Gasteiger partial charge on any atom is 0.255 e. The third kappa shape index (κ3) is 3.42. The molecule has 0 radical (unpaired) electrons. The van der Waals surface area contributed by atoms with Crippen molar-refractivity contribution in [2.45, 2.75) is 38.8 Å². The monoisotopic (exact) mass is 390 g/mol. The Morgan fingerprint density at radius 3 is 2.90 bits per heavy atom. The molecule has 0 saturated carbocycles. The second-order valence-electron chi connectivity index (χ2n) is 7.67. The molecule has 2 aromatic heterocycles. The van der Waals surface area contributed by atoms with E-state index >= 15 is 0 Å². The molecule has 1 N–H and O–H groups in total. The Hall–Kier alpha value is -3.06. The zero-order valence-electron chi connectivity index (χ0n) is 16.1. The van der Waals surface area contributed by atoms with Crippen LogP contribution < -0.4 is 11.0 Å². The molecule has 7 heteroatoms. The lowest BCUT2D eigenvalue weighted by molar-refractivity contribution is 0.239. The van der Waals surface area contributed by atoms with Crippen molar-refractivity contribution in [3.05, 3.63) is 73.8 Å². The van der Waals surface area contributed by atoms with Crippen molar-refractivity contribution in [3.63, 3.8) is 0 Å². The highest BCUT2D eigenvalue weighted by Gasteiger charge is 2.23. The highest BCUT2D eigenvalue weighted by atomic mass is 16.3. The first-order valence-corrected chi connectivity index (χ1v) is 10.1. The maximum atomic E-state index is 12.8. The van der Waals surface area contributed by atoms with E-state index < -0.39 is 0 Å². The zero-order chi connectivity index (χ0) is 19.8. The lowest BCUT2D eigenvalue weighted by Crippen LogP contribution is -2.37. The maximum absolute atomic E-state index is 12.8. The molecule has 29 heavy (non-hydrogen) atoms. The van der Waals surface area contributed by atoms with Crippen molar-refractivity contribution in [1.82, 2.24) is 14.9 Å². The van der Waals surface area contributed by atoms with Crippen LogP contribution in [-0.2, 0) is 19.5 Å². The predicted molar refractivity (Wildman–Crippen MR) is 110 cm³/mol. The van der Waals surface area contributed by atoms with Crippen molar-refractivity contribution in [2.24, 2.45) is 4.99 Å². The molecule has 0 atom stereocenters. The number of nitrogens with one attached hydrogen (secondary N) is 1. The van der Waals surface area contributed by atoms with E-state index in [0.717, 1.165) is 43.8 Å². The Morgan fingerprint density at radius 2 is 2.03 bits per heavy atom. The Balaban J connectivity index is 1.40. The molecule has 0 saturated heterocycles. The molecule has 3 aromatic rings. The van der Waals surface area contributed by atoms with Crippen LogP contribution >= 0.6 is 0 Å². The molecule has 0 bridgehead atoms. The third-order valence-corrected chi connectivity index (χ3v) is 5.69. The SMILES string of the molecule is O=c1[nH]c(C2=NCCCC2)nc2c1CN(Cc1coc3ccccc3c1=O)CC2. The minimum atomic E-state index is -0.103. The molecule has 7 nitrogen and oxygen atoms in total. The van der Waals surface area contributed by atoms with Crippen LogP contribution in [0.1, 0.15) is 41.9 Å². The fourth-order valence-electron chi connectivity index (χ4n) is 4.11. The van der Waals surface area contributed by atoms with Crippen LogP contribution in [0.4, 0.5) is 0 Å². The van der Waals surface area contributed by atoms with Gasteiger partial charge in [0.25, 0.3) is 5.56 Å². The second-order valence-corrected chi connectivity index (χ2v) is 7.67. The highest BCUT2D eigenvalue weighted by Crippen LogP contribution is 2.18. The van der Waals surface area contributed by atoms with Gasteiger partial charge in [0.05, 0.1) is 28.6 Å². The van der Waals surface area contributed by atoms with Gasteiger partial charge in [-0.2, -0.15) is 0 Å². The highest BCUT2D eigenvalue weighted by molar-refractivity contribution is 5.97. The molecule has 0 aliphatic carbocycles. The molecule has 4 heterocycles. The predicted octanol–water partition coefficient (Wildman–Crippen LogP) is 2.41. The fraction of sp³-hybridized carbons (Fsp3) is 0.364. The lowest BCUT2D eigenvalue weighted by Gasteiger charge is -2.27. The van der Waals surface area contributed by atoms with Crippen LogP contribution in [0, 0.1) is 0 Å². The topological polar surface area (TPSA) is 91.6 Å². The summed E-state index contributed by atoms with van der Waals surface area (Å²) in [4.78, 5) is 39.7. The summed E-state index contributed by atoms with van der Waals surface area (Å²) in [6.45, 7) is 2.46. The zero-order valence-corrected chi connectivity index (χ0v) is 16.1. The summed E-state index contributed by atoms with van der Waals surface area (Å²) in [6, 6.07) is 7.25. The number of para-hydroxylation sites is 1. The summed E-state index contributed by atoms with van der Waals surface area (Å²) >= 11 is 0. The van der Waals surface area contributed by atoms with Gasteiger partial charge in [-0.15, -0.1) is 0 Å².